The number of nitrogens with zero attached hydrogens (tertiary/aromatic N) is 5. The molecule has 7 nitrogen and oxygen atoms in total. The monoisotopic (exact) mass is 342 g/mol. The van der Waals surface area contributed by atoms with E-state index in [1.165, 1.54) is 11.7 Å². The fraction of sp³-hybridized carbons (Fsp3) is 0.375. The van der Waals surface area contributed by atoms with Gasteiger partial charge in [-0.25, -0.2) is 4.79 Å². The number of fused-ring (bicyclic) bond motifs is 1. The molecule has 0 bridgehead atoms. The summed E-state index contributed by atoms with van der Waals surface area (Å²) in [6.07, 6.45) is 5.76. The standard InChI is InChI=1S/C16H18N6OS/c23-16(17-10-12-4-5-14-15(9-12)20-24-19-14)22-8-1-3-13(22)11-21-7-2-6-18-21/h2,4-7,9,13H,1,3,8,10-11H2,(H,17,23)/t13-/m0/s1. The Hall–Kier alpha value is -2.48. The summed E-state index contributed by atoms with van der Waals surface area (Å²) >= 11 is 1.20. The van der Waals surface area contributed by atoms with E-state index in [0.717, 1.165) is 42.5 Å². The Balaban J connectivity index is 1.37. The molecule has 24 heavy (non-hydrogen) atoms. The summed E-state index contributed by atoms with van der Waals surface area (Å²) in [7, 11) is 0. The van der Waals surface area contributed by atoms with Crippen molar-refractivity contribution in [1.29, 1.82) is 0 Å². The van der Waals surface area contributed by atoms with Crippen LogP contribution in [0.1, 0.15) is 18.4 Å². The van der Waals surface area contributed by atoms with Gasteiger partial charge in [-0.15, -0.1) is 0 Å². The van der Waals surface area contributed by atoms with E-state index in [2.05, 4.69) is 19.2 Å². The van der Waals surface area contributed by atoms with Crippen LogP contribution in [0.5, 0.6) is 0 Å². The lowest BCUT2D eigenvalue weighted by molar-refractivity contribution is 0.185. The van der Waals surface area contributed by atoms with Gasteiger partial charge in [0, 0.05) is 25.5 Å². The van der Waals surface area contributed by atoms with Crippen molar-refractivity contribution in [2.45, 2.75) is 32.0 Å². The molecule has 3 heterocycles. The van der Waals surface area contributed by atoms with Gasteiger partial charge in [0.2, 0.25) is 0 Å². The zero-order valence-electron chi connectivity index (χ0n) is 13.1. The predicted molar refractivity (Wildman–Crippen MR) is 91.6 cm³/mol. The van der Waals surface area contributed by atoms with Crippen LogP contribution in [0.25, 0.3) is 11.0 Å². The van der Waals surface area contributed by atoms with Gasteiger partial charge in [-0.05, 0) is 36.6 Å². The summed E-state index contributed by atoms with van der Waals surface area (Å²) in [6.45, 7) is 2.04. The average molecular weight is 342 g/mol. The van der Waals surface area contributed by atoms with Gasteiger partial charge in [-0.2, -0.15) is 13.8 Å². The Bertz CT molecular complexity index is 830. The summed E-state index contributed by atoms with van der Waals surface area (Å²) < 4.78 is 10.3. The summed E-state index contributed by atoms with van der Waals surface area (Å²) in [5.74, 6) is 0. The largest absolute Gasteiger partial charge is 0.334 e. The molecule has 8 heteroatoms. The fourth-order valence-electron chi connectivity index (χ4n) is 3.13. The van der Waals surface area contributed by atoms with Crippen molar-refractivity contribution in [3.8, 4) is 0 Å². The van der Waals surface area contributed by atoms with Crippen LogP contribution in [-0.2, 0) is 13.1 Å². The molecule has 1 aliphatic rings. The molecule has 1 atom stereocenters. The number of nitrogens with one attached hydrogen (secondary N) is 1. The SMILES string of the molecule is O=C(NCc1ccc2nsnc2c1)N1CCC[C@H]1Cn1cccn1. The first-order chi connectivity index (χ1) is 11.8. The van der Waals surface area contributed by atoms with Gasteiger partial charge in [-0.1, -0.05) is 6.07 Å². The maximum Gasteiger partial charge on any atom is 0.317 e. The molecule has 0 saturated carbocycles. The van der Waals surface area contributed by atoms with Crippen molar-refractivity contribution in [3.63, 3.8) is 0 Å². The van der Waals surface area contributed by atoms with E-state index in [0.29, 0.717) is 6.54 Å². The Morgan fingerprint density at radius 2 is 2.25 bits per heavy atom. The van der Waals surface area contributed by atoms with Gasteiger partial charge < -0.3 is 10.2 Å². The molecule has 0 aliphatic carbocycles. The third kappa shape index (κ3) is 3.09. The van der Waals surface area contributed by atoms with E-state index >= 15 is 0 Å². The van der Waals surface area contributed by atoms with E-state index in [-0.39, 0.29) is 12.1 Å². The van der Waals surface area contributed by atoms with E-state index in [4.69, 9.17) is 0 Å². The molecule has 1 saturated heterocycles. The number of urea groups is 1. The molecule has 2 amide bonds. The summed E-state index contributed by atoms with van der Waals surface area (Å²) in [5.41, 5.74) is 2.81. The maximum atomic E-state index is 12.5. The maximum absolute atomic E-state index is 12.5. The second-order valence-corrected chi connectivity index (χ2v) is 6.49. The lowest BCUT2D eigenvalue weighted by Gasteiger charge is -2.25. The molecule has 1 aromatic carbocycles. The first-order valence-corrected chi connectivity index (χ1v) is 8.76. The van der Waals surface area contributed by atoms with Crippen molar-refractivity contribution in [2.24, 2.45) is 0 Å². The molecule has 4 rings (SSSR count). The fourth-order valence-corrected chi connectivity index (χ4v) is 3.65. The minimum atomic E-state index is -0.0128. The van der Waals surface area contributed by atoms with Crippen molar-refractivity contribution in [1.82, 2.24) is 28.7 Å². The number of carbonyl (C=O) groups excluding carboxylic acids is 1. The molecule has 124 valence electrons. The summed E-state index contributed by atoms with van der Waals surface area (Å²) in [5, 5.41) is 7.26. The molecule has 0 radical (unpaired) electrons. The van der Waals surface area contributed by atoms with Gasteiger partial charge in [0.15, 0.2) is 0 Å². The van der Waals surface area contributed by atoms with E-state index in [1.807, 2.05) is 40.0 Å². The Morgan fingerprint density at radius 1 is 1.33 bits per heavy atom. The lowest BCUT2D eigenvalue weighted by Crippen LogP contribution is -2.44. The van der Waals surface area contributed by atoms with Crippen LogP contribution in [0.15, 0.2) is 36.7 Å². The van der Waals surface area contributed by atoms with Crippen LogP contribution in [0, 0.1) is 0 Å². The highest BCUT2D eigenvalue weighted by Gasteiger charge is 2.28. The first kappa shape index (κ1) is 15.1. The molecular weight excluding hydrogens is 324 g/mol. The zero-order chi connectivity index (χ0) is 16.4. The Labute approximate surface area is 143 Å². The molecular formula is C16H18N6OS. The average Bonchev–Trinajstić information content (AvgIpc) is 3.34. The normalized spacial score (nSPS) is 17.5. The first-order valence-electron chi connectivity index (χ1n) is 8.03. The number of benzene rings is 1. The third-order valence-electron chi connectivity index (χ3n) is 4.36. The third-order valence-corrected chi connectivity index (χ3v) is 4.91. The van der Waals surface area contributed by atoms with Crippen LogP contribution < -0.4 is 5.32 Å². The van der Waals surface area contributed by atoms with Gasteiger partial charge in [0.1, 0.15) is 11.0 Å². The van der Waals surface area contributed by atoms with Crippen molar-refractivity contribution in [3.05, 3.63) is 42.2 Å². The predicted octanol–water partition coefficient (Wildman–Crippen LogP) is 2.26. The van der Waals surface area contributed by atoms with E-state index in [1.54, 1.807) is 6.20 Å². The molecule has 1 N–H and O–H groups in total. The summed E-state index contributed by atoms with van der Waals surface area (Å²) in [4.78, 5) is 14.5. The highest BCUT2D eigenvalue weighted by molar-refractivity contribution is 7.00. The van der Waals surface area contributed by atoms with E-state index in [9.17, 15) is 4.79 Å². The van der Waals surface area contributed by atoms with Gasteiger partial charge in [0.25, 0.3) is 0 Å². The zero-order valence-corrected chi connectivity index (χ0v) is 13.9. The lowest BCUT2D eigenvalue weighted by atomic mass is 10.2. The van der Waals surface area contributed by atoms with Crippen LogP contribution in [0.4, 0.5) is 4.79 Å². The van der Waals surface area contributed by atoms with Crippen molar-refractivity contribution < 1.29 is 4.79 Å². The molecule has 0 spiro atoms. The molecule has 3 aromatic rings. The Kier molecular flexibility index (Phi) is 4.12. The smallest absolute Gasteiger partial charge is 0.317 e. The van der Waals surface area contributed by atoms with Gasteiger partial charge in [0.05, 0.1) is 24.3 Å². The van der Waals surface area contributed by atoms with Gasteiger partial charge in [-0.3, -0.25) is 4.68 Å². The van der Waals surface area contributed by atoms with Crippen molar-refractivity contribution in [2.75, 3.05) is 6.54 Å². The highest BCUT2D eigenvalue weighted by atomic mass is 32.1. The Morgan fingerprint density at radius 3 is 3.12 bits per heavy atom. The number of carbonyl (C=O) groups is 1. The van der Waals surface area contributed by atoms with Crippen LogP contribution in [0.2, 0.25) is 0 Å². The number of amides is 2. The second kappa shape index (κ2) is 6.56. The van der Waals surface area contributed by atoms with Gasteiger partial charge >= 0.3 is 6.03 Å². The minimum absolute atomic E-state index is 0.0128. The quantitative estimate of drug-likeness (QED) is 0.789. The minimum Gasteiger partial charge on any atom is -0.334 e. The summed E-state index contributed by atoms with van der Waals surface area (Å²) in [6, 6.07) is 8.00. The number of rotatable bonds is 4. The topological polar surface area (TPSA) is 75.9 Å². The number of aromatic nitrogens is 4. The highest BCUT2D eigenvalue weighted by Crippen LogP contribution is 2.19. The van der Waals surface area contributed by atoms with Crippen molar-refractivity contribution >= 4 is 28.8 Å². The number of hydrogen-bond donors (Lipinski definition) is 1. The second-order valence-electron chi connectivity index (χ2n) is 5.96. The molecule has 2 aromatic heterocycles. The molecule has 1 fully saturated rings. The number of hydrogen-bond acceptors (Lipinski definition) is 5. The van der Waals surface area contributed by atoms with Crippen LogP contribution in [-0.4, -0.2) is 42.0 Å². The molecule has 1 aliphatic heterocycles. The number of likely N-dealkylation sites (tertiary alicyclic amines) is 1. The van der Waals surface area contributed by atoms with Crippen LogP contribution in [0.3, 0.4) is 0 Å². The molecule has 0 unspecified atom stereocenters. The van der Waals surface area contributed by atoms with Crippen LogP contribution >= 0.6 is 11.7 Å². The van der Waals surface area contributed by atoms with E-state index < -0.39 is 0 Å².